The van der Waals surface area contributed by atoms with Crippen molar-refractivity contribution >= 4 is 37.8 Å². The second-order valence-electron chi connectivity index (χ2n) is 4.30. The van der Waals surface area contributed by atoms with Gasteiger partial charge in [0.05, 0.1) is 5.56 Å². The Labute approximate surface area is 124 Å². The fourth-order valence-corrected chi connectivity index (χ4v) is 2.26. The molecule has 100 valence electrons. The van der Waals surface area contributed by atoms with Crippen LogP contribution in [0.4, 0.5) is 0 Å². The Morgan fingerprint density at radius 2 is 2.11 bits per heavy atom. The molecule has 0 aliphatic carbocycles. The lowest BCUT2D eigenvalue weighted by molar-refractivity contribution is 0.0703. The number of alkyl halides is 1. The minimum absolute atomic E-state index is 0.0128. The van der Waals surface area contributed by atoms with Crippen molar-refractivity contribution in [2.45, 2.75) is 26.3 Å². The molecule has 1 aromatic rings. The number of aromatic hydroxyl groups is 1. The molecule has 0 aliphatic heterocycles. The van der Waals surface area contributed by atoms with E-state index in [-0.39, 0.29) is 17.7 Å². The Hall–Kier alpha value is -0.550. The number of hydrogen-bond acceptors (Lipinski definition) is 2. The van der Waals surface area contributed by atoms with Gasteiger partial charge in [-0.25, -0.2) is 0 Å². The molecule has 1 aromatic carbocycles. The van der Waals surface area contributed by atoms with Gasteiger partial charge in [0.2, 0.25) is 0 Å². The van der Waals surface area contributed by atoms with Crippen molar-refractivity contribution in [2.75, 3.05) is 11.9 Å². The first-order valence-corrected chi connectivity index (χ1v) is 7.74. The predicted octanol–water partition coefficient (Wildman–Crippen LogP) is 3.79. The quantitative estimate of drug-likeness (QED) is 0.792. The average Bonchev–Trinajstić information content (AvgIpc) is 2.28. The van der Waals surface area contributed by atoms with Crippen molar-refractivity contribution in [3.63, 3.8) is 0 Å². The van der Waals surface area contributed by atoms with Gasteiger partial charge in [0, 0.05) is 22.4 Å². The number of amides is 1. The number of carbonyl (C=O) groups is 1. The third kappa shape index (κ3) is 3.99. The van der Waals surface area contributed by atoms with Crippen LogP contribution in [-0.2, 0) is 0 Å². The van der Waals surface area contributed by atoms with Crippen LogP contribution in [0.5, 0.6) is 5.75 Å². The van der Waals surface area contributed by atoms with Crippen molar-refractivity contribution in [3.8, 4) is 5.75 Å². The molecule has 0 fully saturated rings. The lowest BCUT2D eigenvalue weighted by atomic mass is 10.1. The zero-order chi connectivity index (χ0) is 13.7. The van der Waals surface area contributed by atoms with Gasteiger partial charge in [0.25, 0.3) is 5.91 Å². The van der Waals surface area contributed by atoms with Gasteiger partial charge >= 0.3 is 0 Å². The molecular weight excluding hydrogens is 362 g/mol. The van der Waals surface area contributed by atoms with E-state index in [0.29, 0.717) is 12.1 Å². The summed E-state index contributed by atoms with van der Waals surface area (Å²) in [6.07, 6.45) is 0.890. The van der Waals surface area contributed by atoms with Crippen LogP contribution >= 0.6 is 31.9 Å². The number of carbonyl (C=O) groups excluding carboxylic acids is 1. The fraction of sp³-hybridized carbons (Fsp3) is 0.462. The molecule has 0 heterocycles. The van der Waals surface area contributed by atoms with Crippen LogP contribution in [-0.4, -0.2) is 33.8 Å². The Balaban J connectivity index is 2.94. The Bertz CT molecular complexity index is 421. The summed E-state index contributed by atoms with van der Waals surface area (Å²) >= 11 is 6.63. The second-order valence-corrected chi connectivity index (χ2v) is 6.00. The summed E-state index contributed by atoms with van der Waals surface area (Å²) in [6.45, 7) is 4.63. The molecule has 0 spiro atoms. The molecule has 1 amide bonds. The second kappa shape index (κ2) is 7.14. The number of rotatable bonds is 5. The summed E-state index contributed by atoms with van der Waals surface area (Å²) in [5.41, 5.74) is 0.349. The summed E-state index contributed by atoms with van der Waals surface area (Å²) in [7, 11) is 0. The first-order chi connectivity index (χ1) is 8.47. The van der Waals surface area contributed by atoms with Crippen molar-refractivity contribution in [1.82, 2.24) is 4.90 Å². The van der Waals surface area contributed by atoms with Crippen molar-refractivity contribution in [2.24, 2.45) is 0 Å². The highest BCUT2D eigenvalue weighted by Gasteiger charge is 2.20. The molecule has 0 aliphatic rings. The first kappa shape index (κ1) is 15.5. The molecule has 5 heteroatoms. The number of benzene rings is 1. The van der Waals surface area contributed by atoms with E-state index >= 15 is 0 Å². The summed E-state index contributed by atoms with van der Waals surface area (Å²) in [4.78, 5) is 14.1. The largest absolute Gasteiger partial charge is 0.507 e. The number of nitrogens with zero attached hydrogens (tertiary/aromatic N) is 1. The van der Waals surface area contributed by atoms with Gasteiger partial charge in [-0.2, -0.15) is 0 Å². The topological polar surface area (TPSA) is 40.5 Å². The maximum Gasteiger partial charge on any atom is 0.257 e. The van der Waals surface area contributed by atoms with Gasteiger partial charge in [-0.15, -0.1) is 0 Å². The van der Waals surface area contributed by atoms with E-state index in [2.05, 4.69) is 31.9 Å². The number of hydrogen-bond donors (Lipinski definition) is 1. The zero-order valence-electron chi connectivity index (χ0n) is 10.5. The van der Waals surface area contributed by atoms with Gasteiger partial charge in [-0.1, -0.05) is 31.9 Å². The monoisotopic (exact) mass is 377 g/mol. The molecular formula is C13H17Br2NO2. The van der Waals surface area contributed by atoms with Crippen molar-refractivity contribution in [1.29, 1.82) is 0 Å². The normalized spacial score (nSPS) is 10.7. The molecule has 0 bridgehead atoms. The number of halogens is 2. The van der Waals surface area contributed by atoms with Gasteiger partial charge < -0.3 is 10.0 Å². The highest BCUT2D eigenvalue weighted by molar-refractivity contribution is 9.10. The fourth-order valence-electron chi connectivity index (χ4n) is 1.66. The minimum atomic E-state index is -0.129. The third-order valence-corrected chi connectivity index (χ3v) is 3.66. The zero-order valence-corrected chi connectivity index (χ0v) is 13.7. The Morgan fingerprint density at radius 3 is 2.61 bits per heavy atom. The van der Waals surface area contributed by atoms with E-state index in [9.17, 15) is 9.90 Å². The van der Waals surface area contributed by atoms with E-state index in [0.717, 1.165) is 16.2 Å². The van der Waals surface area contributed by atoms with Crippen LogP contribution in [0.1, 0.15) is 30.6 Å². The molecule has 1 rings (SSSR count). The maximum atomic E-state index is 12.4. The third-order valence-electron chi connectivity index (χ3n) is 2.61. The van der Waals surface area contributed by atoms with Gasteiger partial charge in [0.1, 0.15) is 5.75 Å². The number of phenols is 1. The Morgan fingerprint density at radius 1 is 1.44 bits per heavy atom. The van der Waals surface area contributed by atoms with Crippen molar-refractivity contribution in [3.05, 3.63) is 28.2 Å². The van der Waals surface area contributed by atoms with E-state index in [1.165, 1.54) is 6.07 Å². The van der Waals surface area contributed by atoms with E-state index < -0.39 is 0 Å². The SMILES string of the molecule is CC(C)N(CCCBr)C(=O)c1ccc(Br)cc1O. The van der Waals surface area contributed by atoms with E-state index in [4.69, 9.17) is 0 Å². The molecule has 0 saturated carbocycles. The van der Waals surface area contributed by atoms with Crippen molar-refractivity contribution < 1.29 is 9.90 Å². The van der Waals surface area contributed by atoms with E-state index in [1.807, 2.05) is 13.8 Å². The van der Waals surface area contributed by atoms with Gasteiger partial charge in [0.15, 0.2) is 0 Å². The van der Waals surface area contributed by atoms with Crippen LogP contribution < -0.4 is 0 Å². The first-order valence-electron chi connectivity index (χ1n) is 5.82. The molecule has 0 aromatic heterocycles. The predicted molar refractivity (Wildman–Crippen MR) is 80.4 cm³/mol. The molecule has 0 radical (unpaired) electrons. The molecule has 0 unspecified atom stereocenters. The standard InChI is InChI=1S/C13H17Br2NO2/c1-9(2)16(7-3-6-14)13(18)11-5-4-10(15)8-12(11)17/h4-5,8-9,17H,3,6-7H2,1-2H3. The smallest absolute Gasteiger partial charge is 0.257 e. The lowest BCUT2D eigenvalue weighted by Gasteiger charge is -2.27. The van der Waals surface area contributed by atoms with Gasteiger partial charge in [-0.05, 0) is 38.5 Å². The van der Waals surface area contributed by atoms with Crippen LogP contribution in [0.3, 0.4) is 0 Å². The summed E-state index contributed by atoms with van der Waals surface area (Å²) < 4.78 is 0.758. The van der Waals surface area contributed by atoms with Crippen LogP contribution in [0.25, 0.3) is 0 Å². The highest BCUT2D eigenvalue weighted by atomic mass is 79.9. The highest BCUT2D eigenvalue weighted by Crippen LogP contribution is 2.24. The van der Waals surface area contributed by atoms with Crippen LogP contribution in [0, 0.1) is 0 Å². The number of phenolic OH excluding ortho intramolecular Hbond substituents is 1. The molecule has 1 N–H and O–H groups in total. The molecule has 3 nitrogen and oxygen atoms in total. The van der Waals surface area contributed by atoms with Crippen LogP contribution in [0.2, 0.25) is 0 Å². The summed E-state index contributed by atoms with van der Waals surface area (Å²) in [5.74, 6) is -0.116. The Kier molecular flexibility index (Phi) is 6.15. The molecule has 18 heavy (non-hydrogen) atoms. The summed E-state index contributed by atoms with van der Waals surface area (Å²) in [5, 5.41) is 10.7. The maximum absolute atomic E-state index is 12.4. The minimum Gasteiger partial charge on any atom is -0.507 e. The average molecular weight is 379 g/mol. The van der Waals surface area contributed by atoms with Gasteiger partial charge in [-0.3, -0.25) is 4.79 Å². The summed E-state index contributed by atoms with van der Waals surface area (Å²) in [6, 6.07) is 5.05. The molecule has 0 atom stereocenters. The lowest BCUT2D eigenvalue weighted by Crippen LogP contribution is -2.37. The van der Waals surface area contributed by atoms with Crippen LogP contribution in [0.15, 0.2) is 22.7 Å². The van der Waals surface area contributed by atoms with E-state index in [1.54, 1.807) is 17.0 Å². The molecule has 0 saturated heterocycles.